The highest BCUT2D eigenvalue weighted by atomic mass is 19.1. The van der Waals surface area contributed by atoms with Crippen LogP contribution in [0.5, 0.6) is 0 Å². The second-order valence-electron chi connectivity index (χ2n) is 6.22. The van der Waals surface area contributed by atoms with Crippen molar-refractivity contribution in [3.05, 3.63) is 35.6 Å². The summed E-state index contributed by atoms with van der Waals surface area (Å²) in [6.45, 7) is 2.18. The molecule has 2 nitrogen and oxygen atoms in total. The Morgan fingerprint density at radius 1 is 1.19 bits per heavy atom. The Bertz CT molecular complexity index is 406. The molecule has 1 aliphatic carbocycles. The van der Waals surface area contributed by atoms with Gasteiger partial charge in [0.15, 0.2) is 0 Å². The molecule has 3 atom stereocenters. The molecule has 118 valence electrons. The maximum atomic E-state index is 13.1. The Balaban J connectivity index is 2.05. The van der Waals surface area contributed by atoms with Gasteiger partial charge < -0.3 is 10.4 Å². The fourth-order valence-corrected chi connectivity index (χ4v) is 3.19. The zero-order chi connectivity index (χ0) is 15.1. The third-order valence-corrected chi connectivity index (χ3v) is 4.51. The minimum Gasteiger partial charge on any atom is -0.392 e. The molecule has 0 spiro atoms. The molecule has 1 saturated carbocycles. The standard InChI is InChI=1S/C18H28FNO/c1-2-3-7-16(14-10-12-15(19)13-11-14)20-17-8-5-4-6-9-18(17)21/h10-13,16-18,20-21H,2-9H2,1H3. The van der Waals surface area contributed by atoms with E-state index in [1.807, 2.05) is 12.1 Å². The SMILES string of the molecule is CCCCC(NC1CCCCCC1O)c1ccc(F)cc1. The summed E-state index contributed by atoms with van der Waals surface area (Å²) in [5, 5.41) is 13.9. The molecule has 21 heavy (non-hydrogen) atoms. The Hall–Kier alpha value is -0.930. The van der Waals surface area contributed by atoms with Gasteiger partial charge in [-0.3, -0.25) is 0 Å². The molecule has 0 radical (unpaired) electrons. The van der Waals surface area contributed by atoms with E-state index in [1.165, 1.54) is 25.0 Å². The van der Waals surface area contributed by atoms with Crippen molar-refractivity contribution >= 4 is 0 Å². The van der Waals surface area contributed by atoms with E-state index in [0.717, 1.165) is 44.1 Å². The third-order valence-electron chi connectivity index (χ3n) is 4.51. The molecule has 0 heterocycles. The maximum absolute atomic E-state index is 13.1. The molecule has 0 bridgehead atoms. The molecule has 1 aromatic carbocycles. The second kappa shape index (κ2) is 8.50. The summed E-state index contributed by atoms with van der Waals surface area (Å²) in [5.74, 6) is -0.192. The average Bonchev–Trinajstić information content (AvgIpc) is 2.69. The largest absolute Gasteiger partial charge is 0.392 e. The van der Waals surface area contributed by atoms with Gasteiger partial charge in [0.25, 0.3) is 0 Å². The summed E-state index contributed by atoms with van der Waals surface area (Å²) >= 11 is 0. The maximum Gasteiger partial charge on any atom is 0.123 e. The van der Waals surface area contributed by atoms with Crippen molar-refractivity contribution in [2.24, 2.45) is 0 Å². The van der Waals surface area contributed by atoms with Gasteiger partial charge >= 0.3 is 0 Å². The van der Waals surface area contributed by atoms with E-state index in [2.05, 4.69) is 12.2 Å². The van der Waals surface area contributed by atoms with Crippen LogP contribution in [0.2, 0.25) is 0 Å². The number of aliphatic hydroxyl groups excluding tert-OH is 1. The van der Waals surface area contributed by atoms with Crippen LogP contribution in [-0.4, -0.2) is 17.3 Å². The molecule has 0 saturated heterocycles. The molecular weight excluding hydrogens is 265 g/mol. The monoisotopic (exact) mass is 293 g/mol. The number of aliphatic hydroxyl groups is 1. The molecule has 1 fully saturated rings. The van der Waals surface area contributed by atoms with Gasteiger partial charge in [0, 0.05) is 12.1 Å². The minimum atomic E-state index is -0.253. The number of benzene rings is 1. The van der Waals surface area contributed by atoms with Crippen LogP contribution >= 0.6 is 0 Å². The second-order valence-corrected chi connectivity index (χ2v) is 6.22. The molecule has 3 heteroatoms. The van der Waals surface area contributed by atoms with Gasteiger partial charge in [-0.2, -0.15) is 0 Å². The molecule has 0 aromatic heterocycles. The highest BCUT2D eigenvalue weighted by Gasteiger charge is 2.24. The van der Waals surface area contributed by atoms with Crippen molar-refractivity contribution in [2.75, 3.05) is 0 Å². The first-order valence-corrected chi connectivity index (χ1v) is 8.40. The van der Waals surface area contributed by atoms with Gasteiger partial charge in [0.2, 0.25) is 0 Å². The van der Waals surface area contributed by atoms with E-state index in [0.29, 0.717) is 0 Å². The zero-order valence-electron chi connectivity index (χ0n) is 13.0. The normalized spacial score (nSPS) is 24.5. The number of hydrogen-bond donors (Lipinski definition) is 2. The lowest BCUT2D eigenvalue weighted by molar-refractivity contribution is 0.112. The van der Waals surface area contributed by atoms with E-state index < -0.39 is 0 Å². The van der Waals surface area contributed by atoms with Crippen molar-refractivity contribution in [3.63, 3.8) is 0 Å². The smallest absolute Gasteiger partial charge is 0.123 e. The van der Waals surface area contributed by atoms with Gasteiger partial charge in [-0.25, -0.2) is 4.39 Å². The lowest BCUT2D eigenvalue weighted by Gasteiger charge is -2.28. The molecular formula is C18H28FNO. The molecule has 2 rings (SSSR count). The summed E-state index contributed by atoms with van der Waals surface area (Å²) in [6.07, 6.45) is 8.50. The van der Waals surface area contributed by atoms with Crippen LogP contribution in [0, 0.1) is 5.82 Å². The topological polar surface area (TPSA) is 32.3 Å². The highest BCUT2D eigenvalue weighted by Crippen LogP contribution is 2.25. The lowest BCUT2D eigenvalue weighted by atomic mass is 9.97. The minimum absolute atomic E-state index is 0.166. The van der Waals surface area contributed by atoms with Gasteiger partial charge in [-0.05, 0) is 37.0 Å². The van der Waals surface area contributed by atoms with Crippen molar-refractivity contribution in [1.29, 1.82) is 0 Å². The first kappa shape index (κ1) is 16.4. The van der Waals surface area contributed by atoms with Crippen molar-refractivity contribution < 1.29 is 9.50 Å². The molecule has 0 aliphatic heterocycles. The van der Waals surface area contributed by atoms with E-state index in [4.69, 9.17) is 0 Å². The first-order valence-electron chi connectivity index (χ1n) is 8.40. The Morgan fingerprint density at radius 2 is 1.90 bits per heavy atom. The molecule has 1 aliphatic rings. The average molecular weight is 293 g/mol. The number of rotatable bonds is 6. The van der Waals surface area contributed by atoms with E-state index >= 15 is 0 Å². The van der Waals surface area contributed by atoms with Gasteiger partial charge in [-0.15, -0.1) is 0 Å². The number of halogens is 1. The van der Waals surface area contributed by atoms with Crippen LogP contribution in [0.1, 0.15) is 69.9 Å². The van der Waals surface area contributed by atoms with Crippen molar-refractivity contribution in [1.82, 2.24) is 5.32 Å². The van der Waals surface area contributed by atoms with Crippen LogP contribution in [0.3, 0.4) is 0 Å². The van der Waals surface area contributed by atoms with Gasteiger partial charge in [0.05, 0.1) is 6.10 Å². The summed E-state index contributed by atoms with van der Waals surface area (Å²) in [4.78, 5) is 0. The number of nitrogens with one attached hydrogen (secondary N) is 1. The summed E-state index contributed by atoms with van der Waals surface area (Å²) < 4.78 is 13.1. The fraction of sp³-hybridized carbons (Fsp3) is 0.667. The summed E-state index contributed by atoms with van der Waals surface area (Å²) in [7, 11) is 0. The molecule has 1 aromatic rings. The fourth-order valence-electron chi connectivity index (χ4n) is 3.19. The lowest BCUT2D eigenvalue weighted by Crippen LogP contribution is -2.41. The zero-order valence-corrected chi connectivity index (χ0v) is 13.0. The van der Waals surface area contributed by atoms with E-state index in [9.17, 15) is 9.50 Å². The van der Waals surface area contributed by atoms with Crippen LogP contribution < -0.4 is 5.32 Å². The van der Waals surface area contributed by atoms with E-state index in [-0.39, 0.29) is 24.0 Å². The summed E-state index contributed by atoms with van der Waals surface area (Å²) in [5.41, 5.74) is 1.13. The van der Waals surface area contributed by atoms with Gasteiger partial charge in [-0.1, -0.05) is 51.2 Å². The highest BCUT2D eigenvalue weighted by molar-refractivity contribution is 5.20. The number of unbranched alkanes of at least 4 members (excludes halogenated alkanes) is 1. The van der Waals surface area contributed by atoms with Gasteiger partial charge in [0.1, 0.15) is 5.82 Å². The molecule has 0 amide bonds. The van der Waals surface area contributed by atoms with Crippen molar-refractivity contribution in [3.8, 4) is 0 Å². The molecule has 3 unspecified atom stereocenters. The van der Waals surface area contributed by atoms with Crippen LogP contribution in [0.15, 0.2) is 24.3 Å². The Kier molecular flexibility index (Phi) is 6.65. The predicted molar refractivity (Wildman–Crippen MR) is 84.7 cm³/mol. The first-order chi connectivity index (χ1) is 10.2. The van der Waals surface area contributed by atoms with Crippen LogP contribution in [0.25, 0.3) is 0 Å². The Labute approximate surface area is 127 Å². The molecule has 2 N–H and O–H groups in total. The number of hydrogen-bond acceptors (Lipinski definition) is 2. The van der Waals surface area contributed by atoms with Crippen LogP contribution in [-0.2, 0) is 0 Å². The quantitative estimate of drug-likeness (QED) is 0.765. The van der Waals surface area contributed by atoms with E-state index in [1.54, 1.807) is 0 Å². The van der Waals surface area contributed by atoms with Crippen molar-refractivity contribution in [2.45, 2.75) is 76.5 Å². The Morgan fingerprint density at radius 3 is 2.62 bits per heavy atom. The third kappa shape index (κ3) is 5.08. The summed E-state index contributed by atoms with van der Waals surface area (Å²) in [6, 6.07) is 7.17. The predicted octanol–water partition coefficient (Wildman–Crippen LogP) is 4.34. The van der Waals surface area contributed by atoms with Crippen LogP contribution in [0.4, 0.5) is 4.39 Å².